The maximum Gasteiger partial charge on any atom is 0.321 e. The van der Waals surface area contributed by atoms with Gasteiger partial charge in [-0.1, -0.05) is 25.8 Å². The SMILES string of the molecule is CCNC(=O)NC(=NCC1CCC(C)CC1)Nc1ccc(Oc2cccc(N)n2)cc1. The van der Waals surface area contributed by atoms with E-state index in [0.717, 1.165) is 11.6 Å². The van der Waals surface area contributed by atoms with Crippen molar-refractivity contribution in [2.45, 2.75) is 39.5 Å². The number of nitrogen functional groups attached to an aromatic ring is 1. The lowest BCUT2D eigenvalue weighted by atomic mass is 9.83. The van der Waals surface area contributed by atoms with Crippen molar-refractivity contribution in [2.75, 3.05) is 24.1 Å². The number of anilines is 2. The van der Waals surface area contributed by atoms with Gasteiger partial charge in [-0.25, -0.2) is 4.79 Å². The van der Waals surface area contributed by atoms with Gasteiger partial charge in [0, 0.05) is 24.8 Å². The molecule has 2 amide bonds. The van der Waals surface area contributed by atoms with Gasteiger partial charge in [0.15, 0.2) is 0 Å². The largest absolute Gasteiger partial charge is 0.439 e. The van der Waals surface area contributed by atoms with Crippen LogP contribution in [0.4, 0.5) is 16.3 Å². The lowest BCUT2D eigenvalue weighted by molar-refractivity contribution is 0.245. The summed E-state index contributed by atoms with van der Waals surface area (Å²) in [6.07, 6.45) is 4.86. The van der Waals surface area contributed by atoms with Gasteiger partial charge in [0.2, 0.25) is 11.8 Å². The molecule has 1 aromatic carbocycles. The molecule has 5 N–H and O–H groups in total. The number of nitrogens with two attached hydrogens (primary N) is 1. The first-order valence-electron chi connectivity index (χ1n) is 10.9. The number of urea groups is 1. The Morgan fingerprint density at radius 2 is 1.90 bits per heavy atom. The van der Waals surface area contributed by atoms with E-state index in [0.29, 0.717) is 42.4 Å². The number of hydrogen-bond donors (Lipinski definition) is 4. The van der Waals surface area contributed by atoms with Gasteiger partial charge >= 0.3 is 6.03 Å². The number of carbonyl (C=O) groups is 1. The third kappa shape index (κ3) is 7.47. The number of benzene rings is 1. The van der Waals surface area contributed by atoms with Crippen molar-refractivity contribution in [1.82, 2.24) is 15.6 Å². The van der Waals surface area contributed by atoms with Crippen LogP contribution in [-0.4, -0.2) is 30.1 Å². The van der Waals surface area contributed by atoms with Gasteiger partial charge in [-0.3, -0.25) is 10.3 Å². The molecule has 0 unspecified atom stereocenters. The van der Waals surface area contributed by atoms with Gasteiger partial charge in [-0.05, 0) is 61.9 Å². The Balaban J connectivity index is 1.63. The van der Waals surface area contributed by atoms with Crippen LogP contribution in [-0.2, 0) is 0 Å². The molecule has 1 fully saturated rings. The van der Waals surface area contributed by atoms with Crippen LogP contribution in [0.2, 0.25) is 0 Å². The fourth-order valence-corrected chi connectivity index (χ4v) is 3.51. The quantitative estimate of drug-likeness (QED) is 0.406. The highest BCUT2D eigenvalue weighted by Crippen LogP contribution is 2.28. The number of aromatic nitrogens is 1. The van der Waals surface area contributed by atoms with E-state index in [4.69, 9.17) is 10.5 Å². The van der Waals surface area contributed by atoms with E-state index in [-0.39, 0.29) is 6.03 Å². The third-order valence-corrected chi connectivity index (χ3v) is 5.30. The highest BCUT2D eigenvalue weighted by atomic mass is 16.5. The Bertz CT molecular complexity index is 876. The summed E-state index contributed by atoms with van der Waals surface area (Å²) in [5.41, 5.74) is 6.48. The predicted octanol–water partition coefficient (Wildman–Crippen LogP) is 4.37. The molecule has 1 heterocycles. The Labute approximate surface area is 183 Å². The van der Waals surface area contributed by atoms with Crippen molar-refractivity contribution in [3.63, 3.8) is 0 Å². The van der Waals surface area contributed by atoms with Gasteiger partial charge in [0.05, 0.1) is 0 Å². The van der Waals surface area contributed by atoms with Gasteiger partial charge in [-0.15, -0.1) is 0 Å². The highest BCUT2D eigenvalue weighted by Gasteiger charge is 2.18. The molecular formula is C23H32N6O2. The summed E-state index contributed by atoms with van der Waals surface area (Å²) in [4.78, 5) is 20.8. The molecule has 1 aliphatic carbocycles. The summed E-state index contributed by atoms with van der Waals surface area (Å²) in [5, 5.41) is 8.75. The van der Waals surface area contributed by atoms with Crippen molar-refractivity contribution < 1.29 is 9.53 Å². The van der Waals surface area contributed by atoms with E-state index in [9.17, 15) is 4.79 Å². The van der Waals surface area contributed by atoms with Crippen LogP contribution in [0, 0.1) is 11.8 Å². The first kappa shape index (κ1) is 22.4. The molecule has 0 spiro atoms. The second-order valence-electron chi connectivity index (χ2n) is 7.95. The van der Waals surface area contributed by atoms with Gasteiger partial charge < -0.3 is 21.1 Å². The summed E-state index contributed by atoms with van der Waals surface area (Å²) in [5.74, 6) is 3.27. The first-order chi connectivity index (χ1) is 15.0. The Morgan fingerprint density at radius 1 is 1.16 bits per heavy atom. The minimum Gasteiger partial charge on any atom is -0.439 e. The lowest BCUT2D eigenvalue weighted by Crippen LogP contribution is -2.43. The van der Waals surface area contributed by atoms with E-state index in [1.54, 1.807) is 18.2 Å². The minimum absolute atomic E-state index is 0.279. The average Bonchev–Trinajstić information content (AvgIpc) is 2.75. The van der Waals surface area contributed by atoms with Gasteiger partial charge in [0.25, 0.3) is 0 Å². The standard InChI is InChI=1S/C23H32N6O2/c1-3-25-23(30)29-22(26-15-17-9-7-16(2)8-10-17)27-18-11-13-19(14-12-18)31-21-6-4-5-20(24)28-21/h4-6,11-14,16-17H,3,7-10,15H2,1-2H3,(H2,24,28)(H3,25,26,27,29,30). The molecule has 8 heteroatoms. The van der Waals surface area contributed by atoms with E-state index in [2.05, 4.69) is 32.9 Å². The number of rotatable bonds is 6. The fourth-order valence-electron chi connectivity index (χ4n) is 3.51. The number of pyridine rings is 1. The molecule has 31 heavy (non-hydrogen) atoms. The van der Waals surface area contributed by atoms with Crippen molar-refractivity contribution >= 4 is 23.5 Å². The molecule has 0 bridgehead atoms. The maximum atomic E-state index is 12.0. The zero-order valence-electron chi connectivity index (χ0n) is 18.2. The summed E-state index contributed by atoms with van der Waals surface area (Å²) >= 11 is 0. The maximum absolute atomic E-state index is 12.0. The Kier molecular flexibility index (Phi) is 8.09. The molecule has 166 valence electrons. The number of guanidine groups is 1. The molecule has 0 saturated heterocycles. The Morgan fingerprint density at radius 3 is 2.58 bits per heavy atom. The number of hydrogen-bond acceptors (Lipinski definition) is 5. The average molecular weight is 425 g/mol. The van der Waals surface area contributed by atoms with Crippen LogP contribution in [0.5, 0.6) is 11.6 Å². The summed E-state index contributed by atoms with van der Waals surface area (Å²) in [6, 6.07) is 12.3. The van der Waals surface area contributed by atoms with Crippen LogP contribution in [0.15, 0.2) is 47.5 Å². The highest BCUT2D eigenvalue weighted by molar-refractivity contribution is 6.03. The molecule has 1 aliphatic rings. The van der Waals surface area contributed by atoms with Crippen molar-refractivity contribution in [1.29, 1.82) is 0 Å². The van der Waals surface area contributed by atoms with Crippen molar-refractivity contribution in [3.05, 3.63) is 42.5 Å². The molecule has 0 radical (unpaired) electrons. The number of carbonyl (C=O) groups excluding carboxylic acids is 1. The molecule has 1 saturated carbocycles. The summed E-state index contributed by atoms with van der Waals surface area (Å²) in [7, 11) is 0. The Hall–Kier alpha value is -3.29. The van der Waals surface area contributed by atoms with Crippen molar-refractivity contribution in [3.8, 4) is 11.6 Å². The van der Waals surface area contributed by atoms with Gasteiger partial charge in [0.1, 0.15) is 11.6 Å². The van der Waals surface area contributed by atoms with E-state index in [1.165, 1.54) is 25.7 Å². The second kappa shape index (κ2) is 11.2. The number of nitrogens with zero attached hydrogens (tertiary/aromatic N) is 2. The molecule has 3 rings (SSSR count). The van der Waals surface area contributed by atoms with Gasteiger partial charge in [-0.2, -0.15) is 4.98 Å². The van der Waals surface area contributed by atoms with Crippen LogP contribution >= 0.6 is 0 Å². The number of ether oxygens (including phenoxy) is 1. The fraction of sp³-hybridized carbons (Fsp3) is 0.435. The monoisotopic (exact) mass is 424 g/mol. The normalized spacial score (nSPS) is 18.8. The van der Waals surface area contributed by atoms with E-state index in [1.807, 2.05) is 31.2 Å². The number of amides is 2. The predicted molar refractivity (Wildman–Crippen MR) is 124 cm³/mol. The smallest absolute Gasteiger partial charge is 0.321 e. The van der Waals surface area contributed by atoms with Crippen LogP contribution < -0.4 is 26.4 Å². The lowest BCUT2D eigenvalue weighted by Gasteiger charge is -2.25. The summed E-state index contributed by atoms with van der Waals surface area (Å²) in [6.45, 7) is 5.42. The minimum atomic E-state index is -0.279. The molecule has 0 aliphatic heterocycles. The molecule has 2 aromatic rings. The van der Waals surface area contributed by atoms with E-state index < -0.39 is 0 Å². The zero-order valence-corrected chi connectivity index (χ0v) is 18.2. The second-order valence-corrected chi connectivity index (χ2v) is 7.95. The molecule has 1 aromatic heterocycles. The first-order valence-corrected chi connectivity index (χ1v) is 10.9. The van der Waals surface area contributed by atoms with Crippen LogP contribution in [0.1, 0.15) is 39.5 Å². The van der Waals surface area contributed by atoms with Crippen LogP contribution in [0.3, 0.4) is 0 Å². The summed E-state index contributed by atoms with van der Waals surface area (Å²) < 4.78 is 5.72. The number of nitrogens with one attached hydrogen (secondary N) is 3. The molecule has 8 nitrogen and oxygen atoms in total. The third-order valence-electron chi connectivity index (χ3n) is 5.30. The topological polar surface area (TPSA) is 114 Å². The molecular weight excluding hydrogens is 392 g/mol. The van der Waals surface area contributed by atoms with Crippen molar-refractivity contribution in [2.24, 2.45) is 16.8 Å². The zero-order chi connectivity index (χ0) is 22.1. The van der Waals surface area contributed by atoms with E-state index >= 15 is 0 Å². The van der Waals surface area contributed by atoms with Crippen LogP contribution in [0.25, 0.3) is 0 Å². The number of aliphatic imine (C=N–C) groups is 1. The molecule has 0 atom stereocenters.